The molecule has 5 N–H and O–H groups in total. The molecule has 0 aliphatic rings. The number of ether oxygens (including phenoxy) is 2. The van der Waals surface area contributed by atoms with Gasteiger partial charge in [-0.05, 0) is 49.1 Å². The minimum atomic E-state index is -0.580. The summed E-state index contributed by atoms with van der Waals surface area (Å²) in [6, 6.07) is 19.4. The highest BCUT2D eigenvalue weighted by molar-refractivity contribution is 6.08. The van der Waals surface area contributed by atoms with Crippen LogP contribution in [0.4, 0.5) is 11.4 Å². The monoisotopic (exact) mass is 528 g/mol. The summed E-state index contributed by atoms with van der Waals surface area (Å²) in [5.41, 5.74) is 11.3. The summed E-state index contributed by atoms with van der Waals surface area (Å²) in [6.07, 6.45) is 2.24. The molecule has 8 nitrogen and oxygen atoms in total. The molecule has 1 atom stereocenters. The van der Waals surface area contributed by atoms with Gasteiger partial charge in [0.1, 0.15) is 0 Å². The van der Waals surface area contributed by atoms with Crippen LogP contribution in [0.25, 0.3) is 10.9 Å². The zero-order valence-electron chi connectivity index (χ0n) is 22.7. The Labute approximate surface area is 229 Å². The zero-order valence-corrected chi connectivity index (χ0v) is 22.7. The van der Waals surface area contributed by atoms with Crippen LogP contribution in [0.2, 0.25) is 0 Å². The number of nitrogens with one attached hydrogen (secondary N) is 2. The van der Waals surface area contributed by atoms with E-state index in [4.69, 9.17) is 15.2 Å². The van der Waals surface area contributed by atoms with Crippen LogP contribution >= 0.6 is 0 Å². The Kier molecular flexibility index (Phi) is 9.35. The number of hydrogen-bond donors (Lipinski definition) is 4. The predicted molar refractivity (Wildman–Crippen MR) is 155 cm³/mol. The van der Waals surface area contributed by atoms with Crippen molar-refractivity contribution < 1.29 is 19.4 Å². The number of carbonyl (C=O) groups is 1. The number of primary amides is 1. The average Bonchev–Trinajstić information content (AvgIpc) is 2.95. The topological polar surface area (TPSA) is 119 Å². The van der Waals surface area contributed by atoms with Gasteiger partial charge >= 0.3 is 0 Å². The maximum absolute atomic E-state index is 12.5. The Morgan fingerprint density at radius 1 is 1.00 bits per heavy atom. The third-order valence-electron chi connectivity index (χ3n) is 6.61. The normalized spacial score (nSPS) is 11.8. The summed E-state index contributed by atoms with van der Waals surface area (Å²) in [5.74, 6) is 0.586. The van der Waals surface area contributed by atoms with E-state index >= 15 is 0 Å². The Bertz CT molecular complexity index is 1430. The number of fused-ring (bicyclic) bond motifs is 1. The molecule has 0 bridgehead atoms. The third-order valence-corrected chi connectivity index (χ3v) is 6.61. The molecule has 0 aliphatic carbocycles. The van der Waals surface area contributed by atoms with Gasteiger partial charge in [-0.2, -0.15) is 0 Å². The molecule has 39 heavy (non-hydrogen) atoms. The Morgan fingerprint density at radius 2 is 1.72 bits per heavy atom. The van der Waals surface area contributed by atoms with Crippen molar-refractivity contribution in [2.24, 2.45) is 5.73 Å². The molecule has 8 heteroatoms. The average molecular weight is 529 g/mol. The molecule has 0 spiro atoms. The van der Waals surface area contributed by atoms with Crippen LogP contribution in [0.3, 0.4) is 0 Å². The highest BCUT2D eigenvalue weighted by atomic mass is 16.5. The minimum absolute atomic E-state index is 0.0136. The first-order valence-electron chi connectivity index (χ1n) is 13.3. The predicted octanol–water partition coefficient (Wildman–Crippen LogP) is 5.26. The van der Waals surface area contributed by atoms with Gasteiger partial charge < -0.3 is 30.9 Å². The molecule has 0 radical (unpaired) electrons. The van der Waals surface area contributed by atoms with Crippen molar-refractivity contribution in [3.8, 4) is 11.5 Å². The van der Waals surface area contributed by atoms with Gasteiger partial charge in [0.05, 0.1) is 42.6 Å². The maximum Gasteiger partial charge on any atom is 0.252 e. The van der Waals surface area contributed by atoms with Crippen LogP contribution in [0.1, 0.15) is 53.9 Å². The number of nitrogens with zero attached hydrogens (tertiary/aromatic N) is 1. The number of nitrogens with two attached hydrogens (primary N) is 1. The van der Waals surface area contributed by atoms with Gasteiger partial charge in [-0.15, -0.1) is 0 Å². The van der Waals surface area contributed by atoms with E-state index in [-0.39, 0.29) is 18.2 Å². The number of aliphatic hydroxyl groups excluding tert-OH is 1. The van der Waals surface area contributed by atoms with E-state index in [1.807, 2.05) is 68.4 Å². The lowest BCUT2D eigenvalue weighted by Gasteiger charge is -2.21. The van der Waals surface area contributed by atoms with Crippen LogP contribution in [0.5, 0.6) is 11.5 Å². The highest BCUT2D eigenvalue weighted by Gasteiger charge is 2.19. The van der Waals surface area contributed by atoms with Crippen molar-refractivity contribution in [1.29, 1.82) is 0 Å². The van der Waals surface area contributed by atoms with Gasteiger partial charge in [0.2, 0.25) is 0 Å². The van der Waals surface area contributed by atoms with E-state index in [0.29, 0.717) is 47.8 Å². The van der Waals surface area contributed by atoms with Crippen LogP contribution in [0, 0.1) is 0 Å². The molecule has 0 saturated carbocycles. The maximum atomic E-state index is 12.5. The summed E-state index contributed by atoms with van der Waals surface area (Å²) < 4.78 is 11.6. The highest BCUT2D eigenvalue weighted by Crippen LogP contribution is 2.38. The molecule has 1 aromatic heterocycles. The molecule has 204 valence electrons. The number of anilines is 2. The fraction of sp³-hybridized carbons (Fsp3) is 0.290. The lowest BCUT2D eigenvalue weighted by Crippen LogP contribution is -2.24. The van der Waals surface area contributed by atoms with Crippen molar-refractivity contribution >= 4 is 28.2 Å². The molecule has 4 rings (SSSR count). The molecule has 0 saturated heterocycles. The molecule has 4 aromatic rings. The fourth-order valence-electron chi connectivity index (χ4n) is 4.73. The molecule has 0 fully saturated rings. The Hall–Kier alpha value is -4.14. The van der Waals surface area contributed by atoms with Crippen LogP contribution in [-0.4, -0.2) is 35.8 Å². The van der Waals surface area contributed by atoms with Gasteiger partial charge in [0, 0.05) is 29.9 Å². The summed E-state index contributed by atoms with van der Waals surface area (Å²) in [4.78, 5) is 16.9. The summed E-state index contributed by atoms with van der Waals surface area (Å²) in [6.45, 7) is 7.40. The van der Waals surface area contributed by atoms with E-state index in [1.54, 1.807) is 0 Å². The Morgan fingerprint density at radius 3 is 2.36 bits per heavy atom. The number of benzene rings is 3. The van der Waals surface area contributed by atoms with Crippen molar-refractivity contribution in [2.75, 3.05) is 25.1 Å². The second kappa shape index (κ2) is 13.1. The lowest BCUT2D eigenvalue weighted by atomic mass is 10.0. The van der Waals surface area contributed by atoms with Crippen molar-refractivity contribution in [3.63, 3.8) is 0 Å². The fourth-order valence-corrected chi connectivity index (χ4v) is 4.73. The second-order valence-electron chi connectivity index (χ2n) is 9.04. The Balaban J connectivity index is 1.73. The van der Waals surface area contributed by atoms with Crippen LogP contribution in [-0.2, 0) is 13.0 Å². The summed E-state index contributed by atoms with van der Waals surface area (Å²) >= 11 is 0. The molecular weight excluding hydrogens is 492 g/mol. The molecule has 0 aliphatic heterocycles. The number of pyridine rings is 1. The molecule has 0 unspecified atom stereocenters. The lowest BCUT2D eigenvalue weighted by molar-refractivity contribution is 0.100. The smallest absolute Gasteiger partial charge is 0.252 e. The van der Waals surface area contributed by atoms with Crippen LogP contribution < -0.4 is 25.8 Å². The first-order chi connectivity index (χ1) is 19.0. The summed E-state index contributed by atoms with van der Waals surface area (Å²) in [7, 11) is 0. The number of aliphatic hydroxyl groups is 1. The number of carbonyl (C=O) groups excluding carboxylic acids is 1. The van der Waals surface area contributed by atoms with Gasteiger partial charge in [-0.3, -0.25) is 9.78 Å². The number of hydrogen-bond acceptors (Lipinski definition) is 7. The SMILES string of the molecule is CCOc1cc2ncc(C(N)=O)c(Nc3cccc(CN[C@H](CO)c4ccccc4)c3CC)c2cc1OCC. The van der Waals surface area contributed by atoms with Crippen molar-refractivity contribution in [1.82, 2.24) is 10.3 Å². The zero-order chi connectivity index (χ0) is 27.8. The number of rotatable bonds is 13. The molecule has 3 aromatic carbocycles. The van der Waals surface area contributed by atoms with E-state index < -0.39 is 5.91 Å². The third kappa shape index (κ3) is 6.30. The van der Waals surface area contributed by atoms with E-state index in [9.17, 15) is 9.90 Å². The number of aromatic nitrogens is 1. The molecule has 1 heterocycles. The summed E-state index contributed by atoms with van der Waals surface area (Å²) in [5, 5.41) is 17.7. The van der Waals surface area contributed by atoms with Gasteiger partial charge in [0.25, 0.3) is 5.91 Å². The molecule has 1 amide bonds. The van der Waals surface area contributed by atoms with Gasteiger partial charge in [-0.1, -0.05) is 49.4 Å². The van der Waals surface area contributed by atoms with Gasteiger partial charge in [0.15, 0.2) is 11.5 Å². The quantitative estimate of drug-likeness (QED) is 0.187. The number of amides is 1. The van der Waals surface area contributed by atoms with E-state index in [1.165, 1.54) is 6.20 Å². The van der Waals surface area contributed by atoms with Gasteiger partial charge in [-0.25, -0.2) is 0 Å². The van der Waals surface area contributed by atoms with Crippen molar-refractivity contribution in [2.45, 2.75) is 39.8 Å². The molecular formula is C31H36N4O4. The standard InChI is InChI=1S/C31H36N4O4/c1-4-22-21(17-33-27(19-36)20-11-8-7-9-12-20)13-10-14-25(22)35-30-23-15-28(38-5-2)29(39-6-3)16-26(23)34-18-24(30)31(32)37/h7-16,18,27,33,36H,4-6,17,19H2,1-3H3,(H2,32,37)(H,34,35)/t27-/m1/s1. The van der Waals surface area contributed by atoms with E-state index in [0.717, 1.165) is 28.8 Å². The largest absolute Gasteiger partial charge is 0.490 e. The van der Waals surface area contributed by atoms with E-state index in [2.05, 4.69) is 28.6 Å². The van der Waals surface area contributed by atoms with Crippen LogP contribution in [0.15, 0.2) is 66.9 Å². The van der Waals surface area contributed by atoms with Crippen molar-refractivity contribution in [3.05, 3.63) is 89.1 Å². The first kappa shape index (κ1) is 27.9. The minimum Gasteiger partial charge on any atom is -0.490 e. The first-order valence-corrected chi connectivity index (χ1v) is 13.3. The second-order valence-corrected chi connectivity index (χ2v) is 9.04.